The van der Waals surface area contributed by atoms with Crippen LogP contribution in [0.2, 0.25) is 0 Å². The number of nitrogens with one attached hydrogen (secondary N) is 2. The monoisotopic (exact) mass is 390 g/mol. The largest absolute Gasteiger partial charge is 0.386 e. The van der Waals surface area contributed by atoms with Crippen LogP contribution in [0.3, 0.4) is 0 Å². The number of rotatable bonds is 6. The fourth-order valence-electron chi connectivity index (χ4n) is 4.08. The molecule has 0 saturated carbocycles. The first-order valence-corrected chi connectivity index (χ1v) is 10.4. The molecule has 29 heavy (non-hydrogen) atoms. The van der Waals surface area contributed by atoms with Crippen LogP contribution in [0.4, 0.5) is 11.4 Å². The lowest BCUT2D eigenvalue weighted by Gasteiger charge is -2.27. The van der Waals surface area contributed by atoms with Crippen LogP contribution in [-0.2, 0) is 6.42 Å². The van der Waals surface area contributed by atoms with E-state index < -0.39 is 0 Å². The van der Waals surface area contributed by atoms with Crippen LogP contribution in [-0.4, -0.2) is 45.7 Å². The van der Waals surface area contributed by atoms with Crippen LogP contribution in [0.15, 0.2) is 60.3 Å². The second kappa shape index (κ2) is 8.60. The molecule has 4 rings (SSSR count). The number of hydrogen-bond donors (Lipinski definition) is 2. The Labute approximate surface area is 173 Å². The summed E-state index contributed by atoms with van der Waals surface area (Å²) in [7, 11) is 3.99. The topological polar surface area (TPSA) is 47.6 Å². The molecule has 0 saturated heterocycles. The minimum atomic E-state index is -0.0134. The first-order chi connectivity index (χ1) is 14.1. The molecule has 1 unspecified atom stereocenters. The van der Waals surface area contributed by atoms with Crippen LogP contribution in [0.25, 0.3) is 0 Å². The van der Waals surface area contributed by atoms with E-state index in [9.17, 15) is 4.79 Å². The van der Waals surface area contributed by atoms with Gasteiger partial charge in [-0.3, -0.25) is 4.79 Å². The summed E-state index contributed by atoms with van der Waals surface area (Å²) in [5, 5.41) is 6.55. The Bertz CT molecular complexity index is 888. The zero-order valence-corrected chi connectivity index (χ0v) is 17.3. The summed E-state index contributed by atoms with van der Waals surface area (Å²) in [6.07, 6.45) is 5.42. The molecule has 5 nitrogen and oxygen atoms in total. The molecule has 5 heteroatoms. The Morgan fingerprint density at radius 1 is 1.14 bits per heavy atom. The molecule has 2 aliphatic rings. The summed E-state index contributed by atoms with van der Waals surface area (Å²) < 4.78 is 0. The third kappa shape index (κ3) is 4.56. The highest BCUT2D eigenvalue weighted by Crippen LogP contribution is 2.29. The lowest BCUT2D eigenvalue weighted by atomic mass is 10.0. The van der Waals surface area contributed by atoms with Gasteiger partial charge in [0.1, 0.15) is 0 Å². The van der Waals surface area contributed by atoms with Crippen LogP contribution >= 0.6 is 0 Å². The van der Waals surface area contributed by atoms with Gasteiger partial charge in [-0.25, -0.2) is 0 Å². The van der Waals surface area contributed by atoms with Crippen molar-refractivity contribution in [2.24, 2.45) is 0 Å². The van der Waals surface area contributed by atoms with Gasteiger partial charge >= 0.3 is 0 Å². The molecule has 2 aromatic rings. The van der Waals surface area contributed by atoms with Gasteiger partial charge in [-0.1, -0.05) is 18.2 Å². The highest BCUT2D eigenvalue weighted by molar-refractivity contribution is 5.94. The summed E-state index contributed by atoms with van der Waals surface area (Å²) >= 11 is 0. The number of benzene rings is 2. The molecule has 1 amide bonds. The lowest BCUT2D eigenvalue weighted by molar-refractivity contribution is 0.0949. The van der Waals surface area contributed by atoms with Crippen molar-refractivity contribution < 1.29 is 4.79 Å². The van der Waals surface area contributed by atoms with E-state index >= 15 is 0 Å². The summed E-state index contributed by atoms with van der Waals surface area (Å²) in [5.41, 5.74) is 6.06. The van der Waals surface area contributed by atoms with Gasteiger partial charge in [0, 0.05) is 56.7 Å². The number of anilines is 2. The van der Waals surface area contributed by atoms with Crippen molar-refractivity contribution in [1.82, 2.24) is 10.6 Å². The van der Waals surface area contributed by atoms with Crippen molar-refractivity contribution in [3.05, 3.63) is 71.4 Å². The third-order valence-electron chi connectivity index (χ3n) is 5.87. The van der Waals surface area contributed by atoms with Gasteiger partial charge in [0.15, 0.2) is 0 Å². The molecule has 0 radical (unpaired) electrons. The minimum absolute atomic E-state index is 0.0134. The van der Waals surface area contributed by atoms with E-state index in [1.165, 1.54) is 16.8 Å². The van der Waals surface area contributed by atoms with E-state index in [0.29, 0.717) is 12.1 Å². The average molecular weight is 391 g/mol. The van der Waals surface area contributed by atoms with E-state index in [0.717, 1.165) is 38.0 Å². The normalized spacial score (nSPS) is 17.9. The quantitative estimate of drug-likeness (QED) is 0.795. The molecule has 0 spiro atoms. The van der Waals surface area contributed by atoms with Crippen molar-refractivity contribution in [2.45, 2.75) is 25.3 Å². The fourth-order valence-corrected chi connectivity index (χ4v) is 4.08. The van der Waals surface area contributed by atoms with Crippen LogP contribution < -0.4 is 20.4 Å². The first kappa shape index (κ1) is 19.4. The van der Waals surface area contributed by atoms with Gasteiger partial charge in [-0.15, -0.1) is 0 Å². The second-order valence-electron chi connectivity index (χ2n) is 8.16. The number of hydrogen-bond acceptors (Lipinski definition) is 4. The van der Waals surface area contributed by atoms with Crippen molar-refractivity contribution in [3.63, 3.8) is 0 Å². The van der Waals surface area contributed by atoms with E-state index in [1.54, 1.807) is 0 Å². The van der Waals surface area contributed by atoms with Crippen molar-refractivity contribution in [2.75, 3.05) is 43.5 Å². The maximum Gasteiger partial charge on any atom is 0.251 e. The molecule has 0 aliphatic carbocycles. The number of carbonyl (C=O) groups is 1. The first-order valence-electron chi connectivity index (χ1n) is 10.4. The number of nitrogens with zero attached hydrogens (tertiary/aromatic N) is 2. The van der Waals surface area contributed by atoms with Crippen LogP contribution in [0.1, 0.15) is 28.8 Å². The second-order valence-corrected chi connectivity index (χ2v) is 8.16. The third-order valence-corrected chi connectivity index (χ3v) is 5.87. The summed E-state index contributed by atoms with van der Waals surface area (Å²) in [6.45, 7) is 2.73. The molecule has 0 bridgehead atoms. The van der Waals surface area contributed by atoms with Crippen LogP contribution in [0.5, 0.6) is 0 Å². The Morgan fingerprint density at radius 3 is 2.66 bits per heavy atom. The predicted molar refractivity (Wildman–Crippen MR) is 120 cm³/mol. The predicted octanol–water partition coefficient (Wildman–Crippen LogP) is 3.18. The maximum atomic E-state index is 12.4. The van der Waals surface area contributed by atoms with Gasteiger partial charge in [-0.2, -0.15) is 0 Å². The minimum Gasteiger partial charge on any atom is -0.386 e. The highest BCUT2D eigenvalue weighted by atomic mass is 16.1. The molecule has 0 fully saturated rings. The Hall–Kier alpha value is -2.95. The Kier molecular flexibility index (Phi) is 5.74. The molecule has 0 aromatic heterocycles. The van der Waals surface area contributed by atoms with Crippen molar-refractivity contribution in [3.8, 4) is 0 Å². The number of carbonyl (C=O) groups excluding carboxylic acids is 1. The van der Waals surface area contributed by atoms with E-state index in [-0.39, 0.29) is 11.9 Å². The van der Waals surface area contributed by atoms with E-state index in [2.05, 4.69) is 46.0 Å². The van der Waals surface area contributed by atoms with Gasteiger partial charge in [0.05, 0.1) is 0 Å². The molecule has 152 valence electrons. The molecular formula is C24H30N4O. The lowest BCUT2D eigenvalue weighted by Crippen LogP contribution is -2.41. The number of amides is 1. The summed E-state index contributed by atoms with van der Waals surface area (Å²) in [4.78, 5) is 16.9. The molecule has 2 aromatic carbocycles. The van der Waals surface area contributed by atoms with Gasteiger partial charge in [-0.05, 0) is 66.9 Å². The standard InChI is InChI=1S/C24H30N4O/c1-27(2)22-11-8-20(9-12-22)24(29)26-16-21-10-7-18(15-25-21)17-28-14-13-19-5-3-4-6-23(19)28/h3-6,8-9,11-12,15,21,25H,7,10,13-14,16-17H2,1-2H3,(H,26,29). The SMILES string of the molecule is CN(C)c1ccc(C(=O)NCC2CCC(CN3CCc4ccccc43)=CN2)cc1. The van der Waals surface area contributed by atoms with Crippen LogP contribution in [0, 0.1) is 0 Å². The smallest absolute Gasteiger partial charge is 0.251 e. The van der Waals surface area contributed by atoms with Crippen molar-refractivity contribution in [1.29, 1.82) is 0 Å². The zero-order valence-electron chi connectivity index (χ0n) is 17.3. The van der Waals surface area contributed by atoms with Gasteiger partial charge < -0.3 is 20.4 Å². The number of fused-ring (bicyclic) bond motifs is 1. The summed E-state index contributed by atoms with van der Waals surface area (Å²) in [5.74, 6) is -0.0134. The van der Waals surface area contributed by atoms with Gasteiger partial charge in [0.25, 0.3) is 5.91 Å². The van der Waals surface area contributed by atoms with E-state index in [1.807, 2.05) is 43.3 Å². The number of para-hydroxylation sites is 1. The molecule has 1 atom stereocenters. The molecule has 2 heterocycles. The fraction of sp³-hybridized carbons (Fsp3) is 0.375. The molecule has 2 N–H and O–H groups in total. The maximum absolute atomic E-state index is 12.4. The molecular weight excluding hydrogens is 360 g/mol. The highest BCUT2D eigenvalue weighted by Gasteiger charge is 2.21. The average Bonchev–Trinajstić information content (AvgIpc) is 3.16. The zero-order chi connectivity index (χ0) is 20.2. The molecule has 2 aliphatic heterocycles. The Morgan fingerprint density at radius 2 is 1.93 bits per heavy atom. The summed E-state index contributed by atoms with van der Waals surface area (Å²) in [6, 6.07) is 16.7. The van der Waals surface area contributed by atoms with Crippen molar-refractivity contribution >= 4 is 17.3 Å². The van der Waals surface area contributed by atoms with Gasteiger partial charge in [0.2, 0.25) is 0 Å². The van der Waals surface area contributed by atoms with E-state index in [4.69, 9.17) is 0 Å². The Balaban J connectivity index is 1.25.